The van der Waals surface area contributed by atoms with Crippen LogP contribution >= 0.6 is 0 Å². The quantitative estimate of drug-likeness (QED) is 0.573. The molecule has 2 aromatic rings. The molecule has 0 saturated heterocycles. The highest BCUT2D eigenvalue weighted by atomic mass is 32.2. The second-order valence-electron chi connectivity index (χ2n) is 8.21. The van der Waals surface area contributed by atoms with Gasteiger partial charge in [-0.05, 0) is 46.8 Å². The number of halogens is 3. The summed E-state index contributed by atoms with van der Waals surface area (Å²) in [6.45, 7) is 6.67. The van der Waals surface area contributed by atoms with Crippen LogP contribution in [-0.2, 0) is 21.7 Å². The van der Waals surface area contributed by atoms with E-state index in [4.69, 9.17) is 0 Å². The third-order valence-corrected chi connectivity index (χ3v) is 5.70. The summed E-state index contributed by atoms with van der Waals surface area (Å²) in [5.41, 5.74) is -0.859. The lowest BCUT2D eigenvalue weighted by atomic mass is 10.1. The predicted molar refractivity (Wildman–Crippen MR) is 106 cm³/mol. The molecule has 0 saturated carbocycles. The van der Waals surface area contributed by atoms with Gasteiger partial charge in [0, 0.05) is 11.4 Å². The Morgan fingerprint density at radius 1 is 1.26 bits per heavy atom. The zero-order valence-corrected chi connectivity index (χ0v) is 18.4. The van der Waals surface area contributed by atoms with Gasteiger partial charge >= 0.3 is 12.1 Å². The van der Waals surface area contributed by atoms with Crippen molar-refractivity contribution in [3.63, 3.8) is 0 Å². The van der Waals surface area contributed by atoms with E-state index >= 15 is 0 Å². The van der Waals surface area contributed by atoms with Crippen molar-refractivity contribution in [1.82, 2.24) is 24.7 Å². The average molecular weight is 463 g/mol. The number of hydrogen-bond acceptors (Lipinski definition) is 7. The van der Waals surface area contributed by atoms with E-state index in [0.29, 0.717) is 0 Å². The molecule has 2 heterocycles. The third kappa shape index (κ3) is 6.55. The molecule has 0 fully saturated rings. The highest BCUT2D eigenvalue weighted by Gasteiger charge is 2.35. The number of pyridine rings is 1. The number of aliphatic carboxylic acids is 1. The zero-order valence-electron chi connectivity index (χ0n) is 17.6. The van der Waals surface area contributed by atoms with Crippen molar-refractivity contribution in [1.29, 1.82) is 0 Å². The Kier molecular flexibility index (Phi) is 7.23. The fraction of sp³-hybridized carbons (Fsp3) is 0.556. The topological polar surface area (TPSA) is 125 Å². The molecular formula is C18H24F3N5O4S. The van der Waals surface area contributed by atoms with Crippen molar-refractivity contribution in [2.24, 2.45) is 0 Å². The molecule has 2 aromatic heterocycles. The van der Waals surface area contributed by atoms with Gasteiger partial charge in [-0.3, -0.25) is 4.98 Å². The first-order chi connectivity index (χ1) is 14.1. The third-order valence-electron chi connectivity index (χ3n) is 4.14. The van der Waals surface area contributed by atoms with Crippen LogP contribution < -0.4 is 9.46 Å². The molecule has 2 atom stereocenters. The lowest BCUT2D eigenvalue weighted by Crippen LogP contribution is -2.42. The Labute approximate surface area is 180 Å². The molecule has 9 nitrogen and oxygen atoms in total. The molecule has 0 aliphatic carbocycles. The lowest BCUT2D eigenvalue weighted by Gasteiger charge is -2.27. The summed E-state index contributed by atoms with van der Waals surface area (Å²) in [5, 5.41) is 17.3. The number of aromatic nitrogens is 4. The first-order valence-corrected chi connectivity index (χ1v) is 10.3. The van der Waals surface area contributed by atoms with E-state index in [-0.39, 0.29) is 17.1 Å². The number of hydrogen-bond donors (Lipinski definition) is 2. The molecular weight excluding hydrogens is 439 g/mol. The van der Waals surface area contributed by atoms with Crippen LogP contribution in [-0.4, -0.2) is 53.1 Å². The minimum Gasteiger partial charge on any atom is -0.598 e. The molecule has 172 valence electrons. The van der Waals surface area contributed by atoms with Crippen LogP contribution in [0.5, 0.6) is 5.75 Å². The van der Waals surface area contributed by atoms with Crippen molar-refractivity contribution in [2.75, 3.05) is 6.61 Å². The Morgan fingerprint density at radius 3 is 2.39 bits per heavy atom. The molecule has 0 amide bonds. The van der Waals surface area contributed by atoms with E-state index in [1.54, 1.807) is 20.8 Å². The second-order valence-corrected chi connectivity index (χ2v) is 10.2. The van der Waals surface area contributed by atoms with Crippen LogP contribution in [0.3, 0.4) is 0 Å². The van der Waals surface area contributed by atoms with Crippen LogP contribution in [0.15, 0.2) is 24.5 Å². The van der Waals surface area contributed by atoms with Gasteiger partial charge in [0.25, 0.3) is 0 Å². The fourth-order valence-corrected chi connectivity index (χ4v) is 2.96. The first-order valence-electron chi connectivity index (χ1n) is 9.11. The summed E-state index contributed by atoms with van der Waals surface area (Å²) >= 11 is -1.57. The van der Waals surface area contributed by atoms with Crippen molar-refractivity contribution in [3.8, 4) is 5.75 Å². The number of carbonyl (C=O) groups is 1. The number of nitrogens with zero attached hydrogens (tertiary/aromatic N) is 4. The number of alkyl halides is 3. The Bertz CT molecular complexity index is 897. The molecule has 31 heavy (non-hydrogen) atoms. The number of ether oxygens (including phenoxy) is 1. The fourth-order valence-electron chi connectivity index (χ4n) is 2.15. The smallest absolute Gasteiger partial charge is 0.422 e. The van der Waals surface area contributed by atoms with Crippen LogP contribution in [0, 0.1) is 0 Å². The maximum absolute atomic E-state index is 12.7. The van der Waals surface area contributed by atoms with Crippen molar-refractivity contribution in [3.05, 3.63) is 35.9 Å². The van der Waals surface area contributed by atoms with Crippen molar-refractivity contribution >= 4 is 17.3 Å². The van der Waals surface area contributed by atoms with Gasteiger partial charge in [0.1, 0.15) is 22.2 Å². The van der Waals surface area contributed by atoms with Crippen LogP contribution in [0.4, 0.5) is 13.2 Å². The highest BCUT2D eigenvalue weighted by molar-refractivity contribution is 7.90. The minimum atomic E-state index is -4.48. The Balaban J connectivity index is 2.36. The Morgan fingerprint density at radius 2 is 1.90 bits per heavy atom. The van der Waals surface area contributed by atoms with E-state index in [9.17, 15) is 27.6 Å². The van der Waals surface area contributed by atoms with Gasteiger partial charge in [-0.15, -0.1) is 9.82 Å². The second kappa shape index (κ2) is 9.01. The monoisotopic (exact) mass is 463 g/mol. The summed E-state index contributed by atoms with van der Waals surface area (Å²) < 4.78 is 57.7. The maximum atomic E-state index is 12.7. The van der Waals surface area contributed by atoms with E-state index in [2.05, 4.69) is 24.8 Å². The number of nitrogens with one attached hydrogen (secondary N) is 1. The SMILES string of the molecule is CC(C)(C(=O)O)n1cc([C@@H](N[S+]([O-])C(C)(C)C)c2ccc(OCC(F)(F)F)cn2)nn1. The molecule has 1 unspecified atom stereocenters. The summed E-state index contributed by atoms with van der Waals surface area (Å²) in [5.74, 6) is -1.22. The van der Waals surface area contributed by atoms with Gasteiger partial charge in [0.2, 0.25) is 0 Å². The number of carboxylic acid groups (broad SMARTS) is 1. The molecule has 2 N–H and O–H groups in total. The Hall–Kier alpha value is -2.38. The van der Waals surface area contributed by atoms with Gasteiger partial charge in [0.15, 0.2) is 12.1 Å². The van der Waals surface area contributed by atoms with E-state index < -0.39 is 46.4 Å². The van der Waals surface area contributed by atoms with Gasteiger partial charge < -0.3 is 14.4 Å². The van der Waals surface area contributed by atoms with E-state index in [1.165, 1.54) is 32.2 Å². The number of carboxylic acids is 1. The molecule has 0 bridgehead atoms. The molecule has 2 rings (SSSR count). The van der Waals surface area contributed by atoms with Gasteiger partial charge in [0.05, 0.1) is 18.1 Å². The molecule has 0 aliphatic rings. The van der Waals surface area contributed by atoms with Crippen LogP contribution in [0.1, 0.15) is 52.0 Å². The molecule has 0 spiro atoms. The molecule has 0 radical (unpaired) electrons. The van der Waals surface area contributed by atoms with Gasteiger partial charge in [-0.1, -0.05) is 5.21 Å². The summed E-state index contributed by atoms with van der Waals surface area (Å²) in [4.78, 5) is 15.6. The largest absolute Gasteiger partial charge is 0.598 e. The van der Waals surface area contributed by atoms with Gasteiger partial charge in [-0.2, -0.15) is 13.2 Å². The minimum absolute atomic E-state index is 0.0903. The van der Waals surface area contributed by atoms with Crippen LogP contribution in [0.2, 0.25) is 0 Å². The molecule has 0 aliphatic heterocycles. The van der Waals surface area contributed by atoms with E-state index in [0.717, 1.165) is 10.9 Å². The average Bonchev–Trinajstić information content (AvgIpc) is 3.14. The molecule has 13 heteroatoms. The van der Waals surface area contributed by atoms with E-state index in [1.807, 2.05) is 0 Å². The standard InChI is InChI=1S/C18H24F3N5O4S/c1-16(2,3)31(29)24-14(13-9-26(25-23-13)17(4,5)15(27)28)12-7-6-11(8-22-12)30-10-18(19,20)21/h6-9,14,24H,10H2,1-5H3,(H,27,28)/t14-,31?/m0/s1. The lowest BCUT2D eigenvalue weighted by molar-refractivity contribution is -0.153. The normalized spacial score (nSPS) is 14.9. The maximum Gasteiger partial charge on any atom is 0.422 e. The summed E-state index contributed by atoms with van der Waals surface area (Å²) in [6, 6.07) is 1.84. The summed E-state index contributed by atoms with van der Waals surface area (Å²) in [7, 11) is 0. The van der Waals surface area contributed by atoms with Crippen molar-refractivity contribution < 1.29 is 32.4 Å². The highest BCUT2D eigenvalue weighted by Crippen LogP contribution is 2.26. The first kappa shape index (κ1) is 24.9. The number of rotatable bonds is 8. The zero-order chi connectivity index (χ0) is 23.6. The molecule has 0 aromatic carbocycles. The summed E-state index contributed by atoms with van der Waals surface area (Å²) in [6.07, 6.45) is -1.98. The van der Waals surface area contributed by atoms with Crippen LogP contribution in [0.25, 0.3) is 0 Å². The predicted octanol–water partition coefficient (Wildman–Crippen LogP) is 2.58. The van der Waals surface area contributed by atoms with Crippen molar-refractivity contribution in [2.45, 2.75) is 57.1 Å². The van der Waals surface area contributed by atoms with Gasteiger partial charge in [-0.25, -0.2) is 9.48 Å².